The van der Waals surface area contributed by atoms with E-state index in [2.05, 4.69) is 10.6 Å². The number of rotatable bonds is 4. The average Bonchev–Trinajstić information content (AvgIpc) is 2.53. The third-order valence-corrected chi connectivity index (χ3v) is 2.80. The molecule has 2 amide bonds. The third-order valence-electron chi connectivity index (χ3n) is 2.80. The first-order valence-electron chi connectivity index (χ1n) is 6.43. The number of anilines is 1. The topological polar surface area (TPSA) is 82.0 Å². The highest BCUT2D eigenvalue weighted by Crippen LogP contribution is 2.09. The lowest BCUT2D eigenvalue weighted by molar-refractivity contribution is -0.115. The largest absolute Gasteiger partial charge is 0.343 e. The van der Waals surface area contributed by atoms with Gasteiger partial charge >= 0.3 is 0 Å². The third kappa shape index (κ3) is 3.90. The predicted octanol–water partition coefficient (Wildman–Crippen LogP) is 2.07. The lowest BCUT2D eigenvalue weighted by Gasteiger charge is -2.07. The summed E-state index contributed by atoms with van der Waals surface area (Å²) < 4.78 is 13.4. The van der Waals surface area contributed by atoms with Crippen molar-refractivity contribution in [3.05, 3.63) is 65.5 Å². The van der Waals surface area contributed by atoms with Crippen LogP contribution in [0.2, 0.25) is 0 Å². The number of carbonyl (C=O) groups excluding carboxylic acids is 2. The molecular formula is C16H12FN3O2. The molecule has 22 heavy (non-hydrogen) atoms. The molecule has 6 heteroatoms. The summed E-state index contributed by atoms with van der Waals surface area (Å²) in [6.07, 6.45) is 0. The van der Waals surface area contributed by atoms with Crippen molar-refractivity contribution in [1.82, 2.24) is 5.32 Å². The van der Waals surface area contributed by atoms with Crippen LogP contribution in [-0.2, 0) is 4.79 Å². The van der Waals surface area contributed by atoms with Gasteiger partial charge in [0.1, 0.15) is 5.82 Å². The van der Waals surface area contributed by atoms with E-state index in [1.807, 2.05) is 6.07 Å². The fourth-order valence-electron chi connectivity index (χ4n) is 1.77. The van der Waals surface area contributed by atoms with Crippen molar-refractivity contribution in [2.75, 3.05) is 11.9 Å². The molecule has 2 aromatic rings. The quantitative estimate of drug-likeness (QED) is 0.906. The fourth-order valence-corrected chi connectivity index (χ4v) is 1.77. The first kappa shape index (κ1) is 15.2. The Morgan fingerprint density at radius 1 is 1.14 bits per heavy atom. The zero-order valence-electron chi connectivity index (χ0n) is 11.5. The first-order valence-corrected chi connectivity index (χ1v) is 6.43. The van der Waals surface area contributed by atoms with Crippen LogP contribution in [0.25, 0.3) is 0 Å². The molecule has 0 aliphatic carbocycles. The second-order valence-electron chi connectivity index (χ2n) is 4.40. The normalized spacial score (nSPS) is 9.64. The Bertz CT molecular complexity index is 753. The van der Waals surface area contributed by atoms with Crippen molar-refractivity contribution in [3.63, 3.8) is 0 Å². The number of nitrogens with zero attached hydrogens (tertiary/aromatic N) is 1. The number of halogens is 1. The first-order chi connectivity index (χ1) is 10.6. The highest BCUT2D eigenvalue weighted by Gasteiger charge is 2.12. The zero-order chi connectivity index (χ0) is 15.9. The van der Waals surface area contributed by atoms with Crippen molar-refractivity contribution in [1.29, 1.82) is 5.26 Å². The fraction of sp³-hybridized carbons (Fsp3) is 0.0625. The van der Waals surface area contributed by atoms with Gasteiger partial charge in [-0.3, -0.25) is 9.59 Å². The number of nitriles is 1. The molecule has 0 radical (unpaired) electrons. The number of amides is 2. The SMILES string of the molecule is N#Cc1cccc(NC(=O)CNC(=O)c2ccccc2F)c1. The molecule has 0 aliphatic rings. The minimum atomic E-state index is -0.668. The molecule has 2 rings (SSSR count). The van der Waals surface area contributed by atoms with Gasteiger partial charge in [0.05, 0.1) is 23.7 Å². The van der Waals surface area contributed by atoms with E-state index in [-0.39, 0.29) is 12.1 Å². The monoisotopic (exact) mass is 297 g/mol. The van der Waals surface area contributed by atoms with Crippen molar-refractivity contribution >= 4 is 17.5 Å². The Hall–Kier alpha value is -3.20. The van der Waals surface area contributed by atoms with E-state index in [0.717, 1.165) is 0 Å². The molecule has 0 atom stereocenters. The van der Waals surface area contributed by atoms with Crippen LogP contribution in [-0.4, -0.2) is 18.4 Å². The lowest BCUT2D eigenvalue weighted by Crippen LogP contribution is -2.33. The van der Waals surface area contributed by atoms with E-state index >= 15 is 0 Å². The van der Waals surface area contributed by atoms with Crippen LogP contribution in [0.1, 0.15) is 15.9 Å². The van der Waals surface area contributed by atoms with E-state index in [4.69, 9.17) is 5.26 Å². The van der Waals surface area contributed by atoms with Gasteiger partial charge in [0.2, 0.25) is 5.91 Å². The molecule has 0 saturated heterocycles. The maximum absolute atomic E-state index is 13.4. The molecule has 0 fully saturated rings. The van der Waals surface area contributed by atoms with E-state index in [0.29, 0.717) is 11.3 Å². The van der Waals surface area contributed by atoms with Crippen LogP contribution >= 0.6 is 0 Å². The van der Waals surface area contributed by atoms with Crippen LogP contribution in [0, 0.1) is 17.1 Å². The van der Waals surface area contributed by atoms with Gasteiger partial charge < -0.3 is 10.6 Å². The summed E-state index contributed by atoms with van der Waals surface area (Å²) in [7, 11) is 0. The van der Waals surface area contributed by atoms with Gasteiger partial charge in [0, 0.05) is 5.69 Å². The van der Waals surface area contributed by atoms with Crippen molar-refractivity contribution in [3.8, 4) is 6.07 Å². The Morgan fingerprint density at radius 3 is 2.64 bits per heavy atom. The summed E-state index contributed by atoms with van der Waals surface area (Å²) in [5, 5.41) is 13.6. The number of carbonyl (C=O) groups is 2. The van der Waals surface area contributed by atoms with E-state index in [1.54, 1.807) is 18.2 Å². The molecular weight excluding hydrogens is 285 g/mol. The van der Waals surface area contributed by atoms with Crippen LogP contribution in [0.5, 0.6) is 0 Å². The molecule has 0 aromatic heterocycles. The Kier molecular flexibility index (Phi) is 4.83. The van der Waals surface area contributed by atoms with Crippen LogP contribution in [0.15, 0.2) is 48.5 Å². The smallest absolute Gasteiger partial charge is 0.254 e. The van der Waals surface area contributed by atoms with Crippen molar-refractivity contribution < 1.29 is 14.0 Å². The second-order valence-corrected chi connectivity index (χ2v) is 4.40. The minimum absolute atomic E-state index is 0.123. The maximum atomic E-state index is 13.4. The Balaban J connectivity index is 1.92. The Labute approximate surface area is 126 Å². The highest BCUT2D eigenvalue weighted by molar-refractivity contribution is 5.99. The second kappa shape index (κ2) is 6.99. The van der Waals surface area contributed by atoms with Crippen LogP contribution < -0.4 is 10.6 Å². The number of benzene rings is 2. The molecule has 0 unspecified atom stereocenters. The van der Waals surface area contributed by atoms with Crippen molar-refractivity contribution in [2.24, 2.45) is 0 Å². The molecule has 5 nitrogen and oxygen atoms in total. The van der Waals surface area contributed by atoms with Crippen molar-refractivity contribution in [2.45, 2.75) is 0 Å². The van der Waals surface area contributed by atoms with Crippen LogP contribution in [0.4, 0.5) is 10.1 Å². The molecule has 0 aliphatic heterocycles. The standard InChI is InChI=1S/C16H12FN3O2/c17-14-7-2-1-6-13(14)16(22)19-10-15(21)20-12-5-3-4-11(8-12)9-18/h1-8H,10H2,(H,19,22)(H,20,21). The minimum Gasteiger partial charge on any atom is -0.343 e. The van der Waals surface area contributed by atoms with Gasteiger partial charge in [0.15, 0.2) is 0 Å². The summed E-state index contributed by atoms with van der Waals surface area (Å²) in [6, 6.07) is 13.8. The van der Waals surface area contributed by atoms with Crippen LogP contribution in [0.3, 0.4) is 0 Å². The molecule has 0 heterocycles. The van der Waals surface area contributed by atoms with Gasteiger partial charge in [-0.25, -0.2) is 4.39 Å². The number of hydrogen-bond donors (Lipinski definition) is 2. The van der Waals surface area contributed by atoms with E-state index < -0.39 is 17.6 Å². The lowest BCUT2D eigenvalue weighted by atomic mass is 10.2. The van der Waals surface area contributed by atoms with Gasteiger partial charge in [-0.15, -0.1) is 0 Å². The molecule has 0 saturated carbocycles. The molecule has 2 aromatic carbocycles. The highest BCUT2D eigenvalue weighted by atomic mass is 19.1. The zero-order valence-corrected chi connectivity index (χ0v) is 11.5. The summed E-state index contributed by atoms with van der Waals surface area (Å²) in [5.41, 5.74) is 0.735. The molecule has 2 N–H and O–H groups in total. The van der Waals surface area contributed by atoms with Gasteiger partial charge in [-0.05, 0) is 30.3 Å². The summed E-state index contributed by atoms with van der Waals surface area (Å²) in [5.74, 6) is -1.79. The predicted molar refractivity (Wildman–Crippen MR) is 78.5 cm³/mol. The summed E-state index contributed by atoms with van der Waals surface area (Å²) in [4.78, 5) is 23.5. The number of nitrogens with one attached hydrogen (secondary N) is 2. The number of hydrogen-bond acceptors (Lipinski definition) is 3. The van der Waals surface area contributed by atoms with Gasteiger partial charge in [-0.1, -0.05) is 18.2 Å². The average molecular weight is 297 g/mol. The van der Waals surface area contributed by atoms with Gasteiger partial charge in [-0.2, -0.15) is 5.26 Å². The Morgan fingerprint density at radius 2 is 1.91 bits per heavy atom. The van der Waals surface area contributed by atoms with E-state index in [9.17, 15) is 14.0 Å². The maximum Gasteiger partial charge on any atom is 0.254 e. The summed E-state index contributed by atoms with van der Waals surface area (Å²) >= 11 is 0. The van der Waals surface area contributed by atoms with E-state index in [1.165, 1.54) is 30.3 Å². The summed E-state index contributed by atoms with van der Waals surface area (Å²) in [6.45, 7) is -0.302. The molecule has 0 spiro atoms. The van der Waals surface area contributed by atoms with Gasteiger partial charge in [0.25, 0.3) is 5.91 Å². The molecule has 0 bridgehead atoms. The molecule has 110 valence electrons.